The molecule has 25 heteroatoms. The van der Waals surface area contributed by atoms with Gasteiger partial charge in [0.15, 0.2) is 0 Å². The lowest BCUT2D eigenvalue weighted by atomic mass is 9.91. The Bertz CT molecular complexity index is 2570. The van der Waals surface area contributed by atoms with Crippen LogP contribution in [-0.2, 0) is 57.5 Å². The maximum absolute atomic E-state index is 15.2. The molecule has 0 aromatic heterocycles. The van der Waals surface area contributed by atoms with E-state index in [0.717, 1.165) is 22.6 Å². The third-order valence-corrected chi connectivity index (χ3v) is 18.5. The number of morpholine rings is 1. The van der Waals surface area contributed by atoms with Gasteiger partial charge in [0.1, 0.15) is 60.4 Å². The molecule has 4 unspecified atom stereocenters. The third-order valence-electron chi connectivity index (χ3n) is 18.5. The monoisotopic (exact) mass is 1300 g/mol. The van der Waals surface area contributed by atoms with Crippen molar-refractivity contribution in [3.63, 3.8) is 0 Å². The Hall–Kier alpha value is -6.21. The number of hydrogen-bond acceptors (Lipinski definition) is 14. The van der Waals surface area contributed by atoms with E-state index in [1.807, 2.05) is 54.5 Å². The zero-order valence-electron chi connectivity index (χ0n) is 59.9. The first-order valence-electron chi connectivity index (χ1n) is 33.5. The average molecular weight is 1300 g/mol. The molecule has 0 spiro atoms. The van der Waals surface area contributed by atoms with Crippen molar-refractivity contribution in [2.75, 3.05) is 75.5 Å². The highest BCUT2D eigenvalue weighted by Gasteiger charge is 2.46. The van der Waals surface area contributed by atoms with E-state index in [1.54, 1.807) is 54.5 Å². The summed E-state index contributed by atoms with van der Waals surface area (Å²) in [5.74, 6) is -10.2. The molecule has 92 heavy (non-hydrogen) atoms. The molecule has 2 bridgehead atoms. The van der Waals surface area contributed by atoms with Crippen LogP contribution in [0.25, 0.3) is 0 Å². The second kappa shape index (κ2) is 35.9. The Balaban J connectivity index is 2.31. The molecular weight excluding hydrogens is 1180 g/mol. The SMILES string of the molecule is C/C=C/C[C@@H](C)[C@@H](O)[C@H]1C(=O)N[C@@H](CC)C(=O)N(C)CC(=O)N(C)[C@@H]([C@H](C)CN2CC3CCC(C2)O3)C(=O)NC(C(C)C)C(=O)N(C)[C@@H](CC(C)C)C(=O)N[C@@H](C)C(=O)N[C@H](C)C(=O)N(C)[C@@H](CC(C)C)C(=O)N(C)[C@@H](CC(C)C)C(=O)N(C)C(C(C)C)C(=O)N1C. The lowest BCUT2D eigenvalue weighted by molar-refractivity contribution is -0.157. The number of aliphatic hydroxyl groups is 1. The summed E-state index contributed by atoms with van der Waals surface area (Å²) >= 11 is 0. The fourth-order valence-electron chi connectivity index (χ4n) is 12.9. The topological polar surface area (TPSA) is 291 Å². The van der Waals surface area contributed by atoms with Crippen molar-refractivity contribution in [3.05, 3.63) is 12.2 Å². The van der Waals surface area contributed by atoms with Crippen LogP contribution in [0.5, 0.6) is 0 Å². The number of rotatable bonds is 16. The summed E-state index contributed by atoms with van der Waals surface area (Å²) in [6.07, 6.45) is 4.69. The zero-order chi connectivity index (χ0) is 70.2. The van der Waals surface area contributed by atoms with Crippen LogP contribution in [-0.4, -0.2) is 264 Å². The largest absolute Gasteiger partial charge is 0.390 e. The fraction of sp³-hybridized carbons (Fsp3) is 0.806. The number of allylic oxidation sites excluding steroid dienone is 2. The van der Waals surface area contributed by atoms with Crippen molar-refractivity contribution in [1.29, 1.82) is 0 Å². The van der Waals surface area contributed by atoms with E-state index in [2.05, 4.69) is 26.2 Å². The van der Waals surface area contributed by atoms with Crippen LogP contribution < -0.4 is 21.3 Å². The lowest BCUT2D eigenvalue weighted by Gasteiger charge is -2.41. The molecule has 15 atom stereocenters. The van der Waals surface area contributed by atoms with Gasteiger partial charge in [-0.2, -0.15) is 0 Å². The van der Waals surface area contributed by atoms with Gasteiger partial charge >= 0.3 is 0 Å². The second-order valence-electron chi connectivity index (χ2n) is 28.5. The Morgan fingerprint density at radius 3 is 1.47 bits per heavy atom. The number of carbonyl (C=O) groups is 11. The van der Waals surface area contributed by atoms with E-state index < -0.39 is 162 Å². The van der Waals surface area contributed by atoms with Crippen LogP contribution in [0.3, 0.4) is 0 Å². The van der Waals surface area contributed by atoms with Gasteiger partial charge in [-0.25, -0.2) is 0 Å². The molecular formula is C67H118N12O13. The Morgan fingerprint density at radius 2 is 0.978 bits per heavy atom. The highest BCUT2D eigenvalue weighted by molar-refractivity contribution is 5.99. The van der Waals surface area contributed by atoms with Crippen LogP contribution in [0.1, 0.15) is 156 Å². The maximum atomic E-state index is 15.2. The summed E-state index contributed by atoms with van der Waals surface area (Å²) < 4.78 is 6.11. The number of likely N-dealkylation sites (tertiary alicyclic amines) is 1. The van der Waals surface area contributed by atoms with Crippen molar-refractivity contribution >= 4 is 65.0 Å². The van der Waals surface area contributed by atoms with Crippen molar-refractivity contribution in [1.82, 2.24) is 60.5 Å². The number of amides is 11. The number of nitrogens with one attached hydrogen (secondary N) is 4. The summed E-state index contributed by atoms with van der Waals surface area (Å²) in [6.45, 7) is 29.1. The quantitative estimate of drug-likeness (QED) is 0.139. The van der Waals surface area contributed by atoms with E-state index in [1.165, 1.54) is 87.7 Å². The molecule has 25 nitrogen and oxygen atoms in total. The second-order valence-corrected chi connectivity index (χ2v) is 28.5. The van der Waals surface area contributed by atoms with Gasteiger partial charge < -0.3 is 65.4 Å². The number of aliphatic hydroxyl groups excluding tert-OH is 1. The number of ether oxygens (including phenoxy) is 1. The van der Waals surface area contributed by atoms with Gasteiger partial charge in [0.25, 0.3) is 0 Å². The molecule has 3 saturated heterocycles. The molecule has 3 fully saturated rings. The van der Waals surface area contributed by atoms with E-state index in [4.69, 9.17) is 4.74 Å². The maximum Gasteiger partial charge on any atom is 0.246 e. The molecule has 11 amide bonds. The molecule has 0 aromatic carbocycles. The van der Waals surface area contributed by atoms with E-state index in [0.29, 0.717) is 26.1 Å². The van der Waals surface area contributed by atoms with Crippen LogP contribution in [0.2, 0.25) is 0 Å². The van der Waals surface area contributed by atoms with Crippen molar-refractivity contribution < 1.29 is 62.6 Å². The fourth-order valence-corrected chi connectivity index (χ4v) is 12.9. The van der Waals surface area contributed by atoms with Gasteiger partial charge in [0.2, 0.25) is 65.0 Å². The highest BCUT2D eigenvalue weighted by atomic mass is 16.5. The third kappa shape index (κ3) is 21.1. The molecule has 3 aliphatic rings. The van der Waals surface area contributed by atoms with Crippen molar-refractivity contribution in [2.24, 2.45) is 41.4 Å². The van der Waals surface area contributed by atoms with Crippen LogP contribution in [0, 0.1) is 41.4 Å². The summed E-state index contributed by atoms with van der Waals surface area (Å²) in [5, 5.41) is 23.4. The average Bonchev–Trinajstić information content (AvgIpc) is 0.901. The minimum absolute atomic E-state index is 0.0142. The Kier molecular flexibility index (Phi) is 31.2. The zero-order valence-corrected chi connectivity index (χ0v) is 59.9. The van der Waals surface area contributed by atoms with Crippen molar-refractivity contribution in [3.8, 4) is 0 Å². The Morgan fingerprint density at radius 1 is 0.511 bits per heavy atom. The smallest absolute Gasteiger partial charge is 0.246 e. The molecule has 3 aliphatic heterocycles. The van der Waals surface area contributed by atoms with Crippen molar-refractivity contribution in [2.45, 2.75) is 234 Å². The van der Waals surface area contributed by atoms with Gasteiger partial charge in [-0.1, -0.05) is 102 Å². The Labute approximate surface area is 549 Å². The van der Waals surface area contributed by atoms with Gasteiger partial charge in [-0.3, -0.25) is 57.6 Å². The number of carbonyl (C=O) groups excluding carboxylic acids is 11. The summed E-state index contributed by atoms with van der Waals surface area (Å²) in [6, 6.07) is -12.5. The molecule has 5 N–H and O–H groups in total. The molecule has 3 rings (SSSR count). The van der Waals surface area contributed by atoms with Crippen LogP contribution in [0.4, 0.5) is 0 Å². The number of likely N-dealkylation sites (N-methyl/N-ethyl adjacent to an activating group) is 7. The van der Waals surface area contributed by atoms with Gasteiger partial charge in [0.05, 0.1) is 24.9 Å². The van der Waals surface area contributed by atoms with E-state index in [9.17, 15) is 38.7 Å². The first-order valence-corrected chi connectivity index (χ1v) is 33.5. The standard InChI is InChI=1S/C67H118N12O13/c1-24-26-27-42(13)57(81)56-61(85)70-48(25-2)63(87)72(17)36-52(80)76(21)55(43(14)33-79-34-46-28-29-47(35-79)92-46)60(84)71-53(40(9)10)66(90)73(18)49(30-37(3)4)59(83)68-44(15)58(82)69-45(16)62(86)74(19)50(31-38(5)6)64(88)75(20)51(32-39(7)8)65(89)77(22)54(41(11)12)67(91)78(56)23/h24,26,37-51,53-57,81H,25,27-36H2,1-23H3,(H,68,83)(H,69,82)(H,70,85)(H,71,84)/b26-24+/t42-,43-,44+,45-,46?,47?,48+,49+,50+,51+,53?,54?,55+,56+,57-/m1/s1. The molecule has 0 radical (unpaired) electrons. The predicted molar refractivity (Wildman–Crippen MR) is 352 cm³/mol. The van der Waals surface area contributed by atoms with Gasteiger partial charge in [-0.05, 0) is 107 Å². The summed E-state index contributed by atoms with van der Waals surface area (Å²) in [4.78, 5) is 173. The molecule has 3 heterocycles. The predicted octanol–water partition coefficient (Wildman–Crippen LogP) is 2.72. The van der Waals surface area contributed by atoms with Crippen LogP contribution >= 0.6 is 0 Å². The first kappa shape index (κ1) is 80.0. The minimum Gasteiger partial charge on any atom is -0.390 e. The van der Waals surface area contributed by atoms with E-state index >= 15 is 19.2 Å². The van der Waals surface area contributed by atoms with Crippen LogP contribution in [0.15, 0.2) is 12.2 Å². The molecule has 0 saturated carbocycles. The first-order chi connectivity index (χ1) is 42.7. The highest BCUT2D eigenvalue weighted by Crippen LogP contribution is 2.29. The molecule has 0 aromatic rings. The summed E-state index contributed by atoms with van der Waals surface area (Å²) in [7, 11) is 10.0. The normalized spacial score (nSPS) is 29.4. The minimum atomic E-state index is -1.62. The molecule has 524 valence electrons. The van der Waals surface area contributed by atoms with E-state index in [-0.39, 0.29) is 55.6 Å². The number of nitrogens with zero attached hydrogens (tertiary/aromatic N) is 8. The lowest BCUT2D eigenvalue weighted by Crippen LogP contribution is -2.63. The number of hydrogen-bond donors (Lipinski definition) is 5. The van der Waals surface area contributed by atoms with Gasteiger partial charge in [0, 0.05) is 69.0 Å². The molecule has 0 aliphatic carbocycles. The number of fused-ring (bicyclic) bond motifs is 2. The summed E-state index contributed by atoms with van der Waals surface area (Å²) in [5.41, 5.74) is 0. The van der Waals surface area contributed by atoms with Gasteiger partial charge in [-0.15, -0.1) is 0 Å².